The lowest BCUT2D eigenvalue weighted by Gasteiger charge is -2.23. The Morgan fingerprint density at radius 1 is 1.09 bits per heavy atom. The average Bonchev–Trinajstić information content (AvgIpc) is 3.08. The van der Waals surface area contributed by atoms with E-state index in [0.717, 1.165) is 30.6 Å². The highest BCUT2D eigenvalue weighted by atomic mass is 19.1. The number of carbonyl (C=O) groups excluding carboxylic acids is 3. The Kier molecular flexibility index (Phi) is 7.25. The molecule has 1 atom stereocenters. The molecular formula is C26H28FN3O4. The minimum atomic E-state index is -0.931. The van der Waals surface area contributed by atoms with E-state index in [1.807, 2.05) is 0 Å². The topological polar surface area (TPSA) is 79.0 Å². The summed E-state index contributed by atoms with van der Waals surface area (Å²) in [5.41, 5.74) is 2.13. The Morgan fingerprint density at radius 3 is 2.47 bits per heavy atom. The second kappa shape index (κ2) is 10.5. The summed E-state index contributed by atoms with van der Waals surface area (Å²) in [6, 6.07) is 10.6. The third-order valence-electron chi connectivity index (χ3n) is 6.21. The van der Waals surface area contributed by atoms with Crippen LogP contribution >= 0.6 is 0 Å². The predicted octanol–water partition coefficient (Wildman–Crippen LogP) is 4.89. The molecule has 2 aliphatic rings. The SMILES string of the molecule is COc1ccc(NC(=O)C[C@@H]2C(=O)N(c3ccc(F)cc3)C(=O)N2CCC2=CCCCC2)cc1. The molecule has 1 saturated heterocycles. The third-order valence-corrected chi connectivity index (χ3v) is 6.21. The number of allylic oxidation sites excluding steroid dienone is 1. The monoisotopic (exact) mass is 465 g/mol. The number of anilines is 2. The summed E-state index contributed by atoms with van der Waals surface area (Å²) in [4.78, 5) is 41.9. The minimum absolute atomic E-state index is 0.173. The van der Waals surface area contributed by atoms with E-state index >= 15 is 0 Å². The molecule has 0 bridgehead atoms. The first kappa shape index (κ1) is 23.5. The molecule has 7 nitrogen and oxygen atoms in total. The van der Waals surface area contributed by atoms with Crippen LogP contribution in [0.5, 0.6) is 5.75 Å². The summed E-state index contributed by atoms with van der Waals surface area (Å²) < 4.78 is 18.5. The van der Waals surface area contributed by atoms with Crippen molar-refractivity contribution in [3.8, 4) is 5.75 Å². The van der Waals surface area contributed by atoms with E-state index in [1.165, 1.54) is 34.7 Å². The number of nitrogens with zero attached hydrogens (tertiary/aromatic N) is 2. The van der Waals surface area contributed by atoms with Gasteiger partial charge in [-0.25, -0.2) is 14.1 Å². The zero-order chi connectivity index (χ0) is 24.1. The molecule has 4 amide bonds. The summed E-state index contributed by atoms with van der Waals surface area (Å²) >= 11 is 0. The van der Waals surface area contributed by atoms with Crippen LogP contribution < -0.4 is 15.0 Å². The molecule has 1 aliphatic carbocycles. The van der Waals surface area contributed by atoms with Gasteiger partial charge >= 0.3 is 6.03 Å². The van der Waals surface area contributed by atoms with Crippen molar-refractivity contribution in [2.45, 2.75) is 44.6 Å². The molecule has 4 rings (SSSR count). The summed E-state index contributed by atoms with van der Waals surface area (Å²) in [5.74, 6) is -0.662. The van der Waals surface area contributed by atoms with Crippen molar-refractivity contribution in [3.05, 3.63) is 66.0 Å². The Labute approximate surface area is 198 Å². The quantitative estimate of drug-likeness (QED) is 0.445. The maximum absolute atomic E-state index is 13.4. The number of nitrogens with one attached hydrogen (secondary N) is 1. The van der Waals surface area contributed by atoms with Crippen molar-refractivity contribution in [2.75, 3.05) is 23.9 Å². The van der Waals surface area contributed by atoms with Crippen LogP contribution in [-0.4, -0.2) is 42.4 Å². The van der Waals surface area contributed by atoms with Crippen LogP contribution in [0.25, 0.3) is 0 Å². The fraction of sp³-hybridized carbons (Fsp3) is 0.346. The maximum Gasteiger partial charge on any atom is 0.332 e. The first-order valence-corrected chi connectivity index (χ1v) is 11.5. The average molecular weight is 466 g/mol. The van der Waals surface area contributed by atoms with Gasteiger partial charge in [0.15, 0.2) is 0 Å². The van der Waals surface area contributed by atoms with E-state index in [-0.39, 0.29) is 18.0 Å². The number of imide groups is 1. The molecule has 34 heavy (non-hydrogen) atoms. The summed E-state index contributed by atoms with van der Waals surface area (Å²) in [5, 5.41) is 2.78. The number of methoxy groups -OCH3 is 1. The molecule has 0 radical (unpaired) electrons. The van der Waals surface area contributed by atoms with Crippen LogP contribution in [0.4, 0.5) is 20.6 Å². The standard InChI is InChI=1S/C26H28FN3O4/c1-34-22-13-9-20(10-14-22)28-24(31)17-23-25(32)30(21-11-7-19(27)8-12-21)26(33)29(23)16-15-18-5-3-2-4-6-18/h5,7-14,23H,2-4,6,15-17H2,1H3,(H,28,31)/t23-/m1/s1. The molecule has 0 unspecified atom stereocenters. The molecular weight excluding hydrogens is 437 g/mol. The van der Waals surface area contributed by atoms with Crippen molar-refractivity contribution in [3.63, 3.8) is 0 Å². The van der Waals surface area contributed by atoms with E-state index in [1.54, 1.807) is 31.4 Å². The van der Waals surface area contributed by atoms with Gasteiger partial charge in [-0.1, -0.05) is 11.6 Å². The molecule has 1 fully saturated rings. The van der Waals surface area contributed by atoms with Gasteiger partial charge in [0.05, 0.1) is 19.2 Å². The van der Waals surface area contributed by atoms with Crippen molar-refractivity contribution < 1.29 is 23.5 Å². The second-order valence-corrected chi connectivity index (χ2v) is 8.48. The molecule has 0 aromatic heterocycles. The number of halogens is 1. The highest BCUT2D eigenvalue weighted by Gasteiger charge is 2.46. The third kappa shape index (κ3) is 5.27. The lowest BCUT2D eigenvalue weighted by Crippen LogP contribution is -2.38. The molecule has 1 aliphatic heterocycles. The van der Waals surface area contributed by atoms with Gasteiger partial charge in [-0.05, 0) is 80.6 Å². The normalized spacial score (nSPS) is 18.2. The number of ether oxygens (including phenoxy) is 1. The van der Waals surface area contributed by atoms with Crippen molar-refractivity contribution >= 4 is 29.2 Å². The second-order valence-electron chi connectivity index (χ2n) is 8.48. The number of urea groups is 1. The van der Waals surface area contributed by atoms with E-state index < -0.39 is 23.8 Å². The van der Waals surface area contributed by atoms with Crippen LogP contribution in [0.3, 0.4) is 0 Å². The van der Waals surface area contributed by atoms with Crippen LogP contribution in [0.2, 0.25) is 0 Å². The predicted molar refractivity (Wildman–Crippen MR) is 127 cm³/mol. The Hall–Kier alpha value is -3.68. The largest absolute Gasteiger partial charge is 0.497 e. The van der Waals surface area contributed by atoms with E-state index in [0.29, 0.717) is 24.4 Å². The van der Waals surface area contributed by atoms with E-state index in [9.17, 15) is 18.8 Å². The first-order chi connectivity index (χ1) is 16.5. The van der Waals surface area contributed by atoms with Crippen LogP contribution in [0.15, 0.2) is 60.2 Å². The highest BCUT2D eigenvalue weighted by Crippen LogP contribution is 2.29. The van der Waals surface area contributed by atoms with Gasteiger partial charge in [0, 0.05) is 12.2 Å². The zero-order valence-electron chi connectivity index (χ0n) is 19.1. The summed E-state index contributed by atoms with van der Waals surface area (Å²) in [6.07, 6.45) is 6.98. The molecule has 0 saturated carbocycles. The number of carbonyl (C=O) groups is 3. The number of benzene rings is 2. The summed E-state index contributed by atoms with van der Waals surface area (Å²) in [6.45, 7) is 0.342. The van der Waals surface area contributed by atoms with Gasteiger partial charge in [-0.15, -0.1) is 0 Å². The lowest BCUT2D eigenvalue weighted by atomic mass is 9.97. The van der Waals surface area contributed by atoms with Crippen molar-refractivity contribution in [1.29, 1.82) is 0 Å². The number of amides is 4. The molecule has 1 heterocycles. The van der Waals surface area contributed by atoms with Crippen LogP contribution in [0, 0.1) is 5.82 Å². The Bertz CT molecular complexity index is 1080. The Balaban J connectivity index is 1.52. The number of hydrogen-bond donors (Lipinski definition) is 1. The molecule has 1 N–H and O–H groups in total. The Morgan fingerprint density at radius 2 is 1.82 bits per heavy atom. The van der Waals surface area contributed by atoms with Crippen molar-refractivity contribution in [2.24, 2.45) is 0 Å². The van der Waals surface area contributed by atoms with E-state index in [4.69, 9.17) is 4.74 Å². The number of rotatable bonds is 8. The van der Waals surface area contributed by atoms with Gasteiger partial charge in [-0.3, -0.25) is 9.59 Å². The lowest BCUT2D eigenvalue weighted by molar-refractivity contribution is -0.124. The van der Waals surface area contributed by atoms with Gasteiger partial charge in [0.1, 0.15) is 17.6 Å². The minimum Gasteiger partial charge on any atom is -0.497 e. The van der Waals surface area contributed by atoms with Gasteiger partial charge in [-0.2, -0.15) is 0 Å². The first-order valence-electron chi connectivity index (χ1n) is 11.5. The zero-order valence-corrected chi connectivity index (χ0v) is 19.1. The smallest absolute Gasteiger partial charge is 0.332 e. The maximum atomic E-state index is 13.4. The fourth-order valence-corrected chi connectivity index (χ4v) is 4.37. The molecule has 8 heteroatoms. The van der Waals surface area contributed by atoms with Crippen molar-refractivity contribution in [1.82, 2.24) is 4.90 Å². The van der Waals surface area contributed by atoms with Crippen LogP contribution in [0.1, 0.15) is 38.5 Å². The fourth-order valence-electron chi connectivity index (χ4n) is 4.37. The molecule has 178 valence electrons. The van der Waals surface area contributed by atoms with Gasteiger partial charge in [0.2, 0.25) is 5.91 Å². The van der Waals surface area contributed by atoms with Crippen LogP contribution in [-0.2, 0) is 9.59 Å². The molecule has 2 aromatic carbocycles. The van der Waals surface area contributed by atoms with Gasteiger partial charge in [0.25, 0.3) is 5.91 Å². The molecule has 0 spiro atoms. The molecule has 2 aromatic rings. The highest BCUT2D eigenvalue weighted by molar-refractivity contribution is 6.22. The van der Waals surface area contributed by atoms with E-state index in [2.05, 4.69) is 11.4 Å². The number of hydrogen-bond acceptors (Lipinski definition) is 4. The summed E-state index contributed by atoms with van der Waals surface area (Å²) in [7, 11) is 1.56. The van der Waals surface area contributed by atoms with Gasteiger partial charge < -0.3 is 15.0 Å².